The number of benzene rings is 1. The Morgan fingerprint density at radius 2 is 1.78 bits per heavy atom. The molecule has 4 saturated carbocycles. The molecule has 0 saturated heterocycles. The van der Waals surface area contributed by atoms with E-state index in [0.29, 0.717) is 10.9 Å². The first kappa shape index (κ1) is 22.2. The van der Waals surface area contributed by atoms with Crippen molar-refractivity contribution in [3.63, 3.8) is 0 Å². The summed E-state index contributed by atoms with van der Waals surface area (Å²) in [6, 6.07) is 8.56. The number of rotatable bonds is 3. The standard InChI is InChI=1S/C28H28FN5OS/c1-15-7-20(16(2)33(15)23-6-4-3-5-22(23)29)11-21-24(30)34-27(31-25(21)35)36-26(32-34)28-12-17-8-18(13-28)10-19(9-17)14-28/h3-7,11,17-19,30H,8-10,12-14H2,1-2H3/b21-11-,30-24?. The Hall–Kier alpha value is -3.00. The van der Waals surface area contributed by atoms with E-state index in [1.807, 2.05) is 24.5 Å². The van der Waals surface area contributed by atoms with Crippen molar-refractivity contribution >= 4 is 39.8 Å². The summed E-state index contributed by atoms with van der Waals surface area (Å²) < 4.78 is 16.3. The zero-order chi connectivity index (χ0) is 24.8. The van der Waals surface area contributed by atoms with Gasteiger partial charge in [-0.1, -0.05) is 12.1 Å². The predicted molar refractivity (Wildman–Crippen MR) is 141 cm³/mol. The van der Waals surface area contributed by atoms with Crippen LogP contribution in [0.2, 0.25) is 0 Å². The van der Waals surface area contributed by atoms with E-state index in [4.69, 9.17) is 10.5 Å². The third kappa shape index (κ3) is 3.23. The van der Waals surface area contributed by atoms with Gasteiger partial charge in [0.15, 0.2) is 5.84 Å². The van der Waals surface area contributed by atoms with Gasteiger partial charge in [0.2, 0.25) is 5.17 Å². The number of hydrogen-bond donors (Lipinski definition) is 1. The molecule has 0 radical (unpaired) electrons. The minimum atomic E-state index is -0.420. The highest BCUT2D eigenvalue weighted by molar-refractivity contribution is 8.27. The highest BCUT2D eigenvalue weighted by atomic mass is 32.2. The molecule has 6 aliphatic rings. The molecule has 1 aromatic heterocycles. The average molecular weight is 502 g/mol. The molecular formula is C28H28FN5OS. The molecule has 36 heavy (non-hydrogen) atoms. The van der Waals surface area contributed by atoms with Gasteiger partial charge in [-0.25, -0.2) is 4.39 Å². The fraction of sp³-hybridized carbons (Fsp3) is 0.429. The summed E-state index contributed by atoms with van der Waals surface area (Å²) in [5, 5.41) is 16.9. The van der Waals surface area contributed by atoms with Crippen LogP contribution < -0.4 is 0 Å². The van der Waals surface area contributed by atoms with Crippen molar-refractivity contribution in [1.29, 1.82) is 5.41 Å². The van der Waals surface area contributed by atoms with Crippen LogP contribution in [0, 0.1) is 48.2 Å². The molecule has 8 heteroatoms. The first-order chi connectivity index (χ1) is 17.3. The molecule has 1 N–H and O–H groups in total. The Balaban J connectivity index is 1.23. The van der Waals surface area contributed by atoms with Gasteiger partial charge in [-0.3, -0.25) is 10.2 Å². The van der Waals surface area contributed by atoms with E-state index in [1.165, 1.54) is 56.4 Å². The van der Waals surface area contributed by atoms with Crippen LogP contribution in [-0.2, 0) is 4.79 Å². The van der Waals surface area contributed by atoms with E-state index in [0.717, 1.165) is 39.7 Å². The number of para-hydroxylation sites is 1. The number of aliphatic imine (C=N–C) groups is 1. The van der Waals surface area contributed by atoms with Crippen molar-refractivity contribution in [1.82, 2.24) is 9.58 Å². The largest absolute Gasteiger partial charge is 0.315 e. The number of amides is 1. The third-order valence-corrected chi connectivity index (χ3v) is 9.96. The zero-order valence-corrected chi connectivity index (χ0v) is 21.2. The van der Waals surface area contributed by atoms with Gasteiger partial charge in [-0.05, 0) is 112 Å². The van der Waals surface area contributed by atoms with Gasteiger partial charge < -0.3 is 4.57 Å². The van der Waals surface area contributed by atoms with Gasteiger partial charge in [0.1, 0.15) is 10.9 Å². The molecule has 4 aliphatic carbocycles. The number of amidine groups is 2. The van der Waals surface area contributed by atoms with Crippen LogP contribution in [0.3, 0.4) is 0 Å². The monoisotopic (exact) mass is 501 g/mol. The molecule has 2 aromatic rings. The predicted octanol–water partition coefficient (Wildman–Crippen LogP) is 6.07. The minimum absolute atomic E-state index is 0.0629. The first-order valence-electron chi connectivity index (χ1n) is 12.8. The number of aromatic nitrogens is 1. The first-order valence-corrected chi connectivity index (χ1v) is 13.6. The fourth-order valence-electron chi connectivity index (χ4n) is 7.67. The van der Waals surface area contributed by atoms with E-state index < -0.39 is 5.91 Å². The number of carbonyl (C=O) groups excluding carboxylic acids is 1. The minimum Gasteiger partial charge on any atom is -0.315 e. The molecule has 2 aliphatic heterocycles. The van der Waals surface area contributed by atoms with Crippen LogP contribution in [0.4, 0.5) is 4.39 Å². The molecule has 0 atom stereocenters. The van der Waals surface area contributed by atoms with Gasteiger partial charge in [0, 0.05) is 16.8 Å². The lowest BCUT2D eigenvalue weighted by molar-refractivity contribution is -0.114. The second-order valence-corrected chi connectivity index (χ2v) is 12.2. The fourth-order valence-corrected chi connectivity index (χ4v) is 8.78. The van der Waals surface area contributed by atoms with Crippen molar-refractivity contribution in [2.45, 2.75) is 52.4 Å². The summed E-state index contributed by atoms with van der Waals surface area (Å²) in [4.78, 5) is 17.4. The third-order valence-electron chi connectivity index (χ3n) is 8.81. The van der Waals surface area contributed by atoms with Crippen LogP contribution in [0.1, 0.15) is 55.5 Å². The summed E-state index contributed by atoms with van der Waals surface area (Å²) >= 11 is 1.50. The Labute approximate surface area is 213 Å². The molecule has 3 heterocycles. The van der Waals surface area contributed by atoms with E-state index in [-0.39, 0.29) is 22.6 Å². The Morgan fingerprint density at radius 3 is 2.44 bits per heavy atom. The number of halogens is 1. The molecule has 184 valence electrons. The molecule has 0 unspecified atom stereocenters. The highest BCUT2D eigenvalue weighted by Crippen LogP contribution is 2.62. The average Bonchev–Trinajstić information content (AvgIpc) is 3.37. The number of fused-ring (bicyclic) bond motifs is 1. The van der Waals surface area contributed by atoms with E-state index in [1.54, 1.807) is 29.3 Å². The summed E-state index contributed by atoms with van der Waals surface area (Å²) in [7, 11) is 0. The lowest BCUT2D eigenvalue weighted by atomic mass is 9.50. The van der Waals surface area contributed by atoms with Crippen LogP contribution in [0.5, 0.6) is 0 Å². The van der Waals surface area contributed by atoms with Crippen molar-refractivity contribution in [3.05, 3.63) is 58.7 Å². The van der Waals surface area contributed by atoms with E-state index in [9.17, 15) is 9.18 Å². The lowest BCUT2D eigenvalue weighted by Gasteiger charge is -2.56. The van der Waals surface area contributed by atoms with Crippen molar-refractivity contribution in [2.24, 2.45) is 33.3 Å². The molecule has 1 amide bonds. The SMILES string of the molecule is Cc1cc(/C=C2/C(=N)N3N=C(C45CC6CC(CC(C6)C4)C5)SC3=NC2=O)c(C)n1-c1ccccc1F. The van der Waals surface area contributed by atoms with Gasteiger partial charge in [0.05, 0.1) is 11.3 Å². The Morgan fingerprint density at radius 1 is 1.11 bits per heavy atom. The molecule has 4 bridgehead atoms. The normalized spacial score (nSPS) is 31.8. The van der Waals surface area contributed by atoms with E-state index in [2.05, 4.69) is 4.99 Å². The van der Waals surface area contributed by atoms with Crippen LogP contribution in [-0.4, -0.2) is 31.5 Å². The Kier molecular flexibility index (Phi) is 4.78. The maximum absolute atomic E-state index is 14.5. The second-order valence-electron chi connectivity index (χ2n) is 11.2. The lowest BCUT2D eigenvalue weighted by Crippen LogP contribution is -2.49. The molecule has 0 spiro atoms. The number of nitrogens with one attached hydrogen (secondary N) is 1. The van der Waals surface area contributed by atoms with Crippen molar-refractivity contribution < 1.29 is 9.18 Å². The number of hydrazone groups is 1. The topological polar surface area (TPSA) is 73.8 Å². The van der Waals surface area contributed by atoms with Crippen LogP contribution >= 0.6 is 11.8 Å². The molecule has 4 fully saturated rings. The second kappa shape index (κ2) is 7.75. The number of hydrogen-bond acceptors (Lipinski definition) is 4. The summed E-state index contributed by atoms with van der Waals surface area (Å²) in [5.74, 6) is 1.71. The van der Waals surface area contributed by atoms with Gasteiger partial charge in [-0.15, -0.1) is 0 Å². The van der Waals surface area contributed by atoms with Crippen LogP contribution in [0.15, 0.2) is 46.0 Å². The van der Waals surface area contributed by atoms with Crippen LogP contribution in [0.25, 0.3) is 11.8 Å². The van der Waals surface area contributed by atoms with Gasteiger partial charge in [-0.2, -0.15) is 15.1 Å². The molecule has 8 rings (SSSR count). The summed E-state index contributed by atoms with van der Waals surface area (Å²) in [6.07, 6.45) is 9.30. The zero-order valence-electron chi connectivity index (χ0n) is 20.4. The highest BCUT2D eigenvalue weighted by Gasteiger charge is 2.55. The number of aryl methyl sites for hydroxylation is 1. The summed E-state index contributed by atoms with van der Waals surface area (Å²) in [5.41, 5.74) is 3.18. The summed E-state index contributed by atoms with van der Waals surface area (Å²) in [6.45, 7) is 3.80. The quantitative estimate of drug-likeness (QED) is 0.519. The molecule has 6 nitrogen and oxygen atoms in total. The number of carbonyl (C=O) groups is 1. The maximum Gasteiger partial charge on any atom is 0.283 e. The van der Waals surface area contributed by atoms with Gasteiger partial charge >= 0.3 is 0 Å². The number of nitrogens with zero attached hydrogens (tertiary/aromatic N) is 4. The van der Waals surface area contributed by atoms with Gasteiger partial charge in [0.25, 0.3) is 5.91 Å². The molecular weight excluding hydrogens is 473 g/mol. The maximum atomic E-state index is 14.5. The Bertz CT molecular complexity index is 1400. The van der Waals surface area contributed by atoms with E-state index >= 15 is 0 Å². The molecule has 1 aromatic carbocycles. The van der Waals surface area contributed by atoms with Crippen molar-refractivity contribution in [2.75, 3.05) is 0 Å². The van der Waals surface area contributed by atoms with Crippen molar-refractivity contribution in [3.8, 4) is 5.69 Å². The smallest absolute Gasteiger partial charge is 0.283 e. The number of thioether (sulfide) groups is 1.